The Morgan fingerprint density at radius 3 is 2.30 bits per heavy atom. The molecule has 0 atom stereocenters. The molecule has 106 valence electrons. The molecule has 2 N–H and O–H groups in total. The number of benzene rings is 1. The van der Waals surface area contributed by atoms with Crippen LogP contribution >= 0.6 is 15.9 Å². The molecule has 0 aliphatic rings. The summed E-state index contributed by atoms with van der Waals surface area (Å²) >= 11 is 3.39. The molecule has 7 heteroatoms. The van der Waals surface area contributed by atoms with Crippen LogP contribution in [-0.2, 0) is 0 Å². The number of nitrogens with zero attached hydrogens (tertiary/aromatic N) is 3. The molecule has 0 saturated carbocycles. The van der Waals surface area contributed by atoms with Crippen LogP contribution in [0.25, 0.3) is 0 Å². The largest absolute Gasteiger partial charge is 0.461 e. The Morgan fingerprint density at radius 1 is 1.05 bits per heavy atom. The van der Waals surface area contributed by atoms with Gasteiger partial charge in [0, 0.05) is 17.2 Å². The van der Waals surface area contributed by atoms with Crippen molar-refractivity contribution in [1.82, 2.24) is 15.0 Å². The number of anilines is 3. The van der Waals surface area contributed by atoms with Crippen LogP contribution in [0.1, 0.15) is 13.8 Å². The van der Waals surface area contributed by atoms with Crippen LogP contribution in [0.15, 0.2) is 28.7 Å². The van der Waals surface area contributed by atoms with Crippen molar-refractivity contribution in [3.63, 3.8) is 0 Å². The SMILES string of the molecule is CNc1nc(Nc2ccc(Br)cc2)nc(OC(C)C)n1. The van der Waals surface area contributed by atoms with E-state index in [0.29, 0.717) is 17.9 Å². The fourth-order valence-corrected chi connectivity index (χ4v) is 1.71. The molecular formula is C13H16BrN5O. The summed E-state index contributed by atoms with van der Waals surface area (Å²) in [7, 11) is 1.75. The van der Waals surface area contributed by atoms with E-state index < -0.39 is 0 Å². The second-order valence-corrected chi connectivity index (χ2v) is 5.23. The van der Waals surface area contributed by atoms with Crippen molar-refractivity contribution in [2.75, 3.05) is 17.7 Å². The van der Waals surface area contributed by atoms with Gasteiger partial charge in [-0.05, 0) is 38.1 Å². The van der Waals surface area contributed by atoms with E-state index in [1.54, 1.807) is 7.05 Å². The maximum Gasteiger partial charge on any atom is 0.323 e. The highest BCUT2D eigenvalue weighted by Gasteiger charge is 2.08. The number of hydrogen-bond donors (Lipinski definition) is 2. The maximum absolute atomic E-state index is 5.50. The van der Waals surface area contributed by atoms with Crippen molar-refractivity contribution in [2.24, 2.45) is 0 Å². The molecular weight excluding hydrogens is 322 g/mol. The summed E-state index contributed by atoms with van der Waals surface area (Å²) in [4.78, 5) is 12.6. The molecule has 0 unspecified atom stereocenters. The first-order valence-electron chi connectivity index (χ1n) is 6.20. The molecule has 0 radical (unpaired) electrons. The van der Waals surface area contributed by atoms with Crippen LogP contribution < -0.4 is 15.4 Å². The lowest BCUT2D eigenvalue weighted by atomic mass is 10.3. The summed E-state index contributed by atoms with van der Waals surface area (Å²) < 4.78 is 6.52. The number of ether oxygens (including phenoxy) is 1. The second kappa shape index (κ2) is 6.51. The van der Waals surface area contributed by atoms with E-state index >= 15 is 0 Å². The standard InChI is InChI=1S/C13H16BrN5O/c1-8(2)20-13-18-11(15-3)17-12(19-13)16-10-6-4-9(14)5-7-10/h4-8H,1-3H3,(H2,15,16,17,18,19). The van der Waals surface area contributed by atoms with Gasteiger partial charge < -0.3 is 15.4 Å². The zero-order chi connectivity index (χ0) is 14.5. The van der Waals surface area contributed by atoms with Gasteiger partial charge in [0.15, 0.2) is 0 Å². The average Bonchev–Trinajstić information content (AvgIpc) is 2.40. The lowest BCUT2D eigenvalue weighted by Gasteiger charge is -2.11. The van der Waals surface area contributed by atoms with Gasteiger partial charge in [0.2, 0.25) is 11.9 Å². The van der Waals surface area contributed by atoms with E-state index in [4.69, 9.17) is 4.74 Å². The maximum atomic E-state index is 5.50. The second-order valence-electron chi connectivity index (χ2n) is 4.31. The third-order valence-corrected chi connectivity index (χ3v) is 2.81. The third-order valence-electron chi connectivity index (χ3n) is 2.28. The summed E-state index contributed by atoms with van der Waals surface area (Å²) in [5.41, 5.74) is 0.886. The van der Waals surface area contributed by atoms with Crippen molar-refractivity contribution < 1.29 is 4.74 Å². The van der Waals surface area contributed by atoms with Crippen LogP contribution in [0.5, 0.6) is 6.01 Å². The number of aromatic nitrogens is 3. The zero-order valence-corrected chi connectivity index (χ0v) is 13.1. The molecule has 0 spiro atoms. The molecule has 0 amide bonds. The molecule has 2 aromatic rings. The lowest BCUT2D eigenvalue weighted by Crippen LogP contribution is -2.11. The third kappa shape index (κ3) is 4.06. The molecule has 1 aromatic heterocycles. The minimum atomic E-state index is 0.00244. The normalized spacial score (nSPS) is 10.4. The highest BCUT2D eigenvalue weighted by atomic mass is 79.9. The van der Waals surface area contributed by atoms with Gasteiger partial charge in [0.1, 0.15) is 0 Å². The first-order valence-corrected chi connectivity index (χ1v) is 6.99. The predicted molar refractivity (Wildman–Crippen MR) is 82.6 cm³/mol. The number of rotatable bonds is 5. The van der Waals surface area contributed by atoms with E-state index in [2.05, 4.69) is 41.5 Å². The van der Waals surface area contributed by atoms with Crippen molar-refractivity contribution >= 4 is 33.5 Å². The van der Waals surface area contributed by atoms with Gasteiger partial charge in [0.05, 0.1) is 6.10 Å². The van der Waals surface area contributed by atoms with Crippen molar-refractivity contribution in [3.05, 3.63) is 28.7 Å². The van der Waals surface area contributed by atoms with Crippen LogP contribution in [0.3, 0.4) is 0 Å². The topological polar surface area (TPSA) is 72.0 Å². The first kappa shape index (κ1) is 14.5. The molecule has 6 nitrogen and oxygen atoms in total. The Bertz CT molecular complexity index is 573. The number of halogens is 1. The van der Waals surface area contributed by atoms with Gasteiger partial charge in [-0.3, -0.25) is 0 Å². The van der Waals surface area contributed by atoms with E-state index in [-0.39, 0.29) is 6.10 Å². The Kier molecular flexibility index (Phi) is 4.73. The quantitative estimate of drug-likeness (QED) is 0.872. The minimum absolute atomic E-state index is 0.00244. The van der Waals surface area contributed by atoms with Crippen molar-refractivity contribution in [3.8, 4) is 6.01 Å². The summed E-state index contributed by atoms with van der Waals surface area (Å²) in [6, 6.07) is 8.02. The summed E-state index contributed by atoms with van der Waals surface area (Å²) in [5.74, 6) is 0.887. The first-order chi connectivity index (χ1) is 9.56. The fourth-order valence-electron chi connectivity index (χ4n) is 1.45. The molecule has 0 fully saturated rings. The van der Waals surface area contributed by atoms with E-state index in [0.717, 1.165) is 10.2 Å². The van der Waals surface area contributed by atoms with Gasteiger partial charge in [0.25, 0.3) is 0 Å². The Morgan fingerprint density at radius 2 is 1.70 bits per heavy atom. The lowest BCUT2D eigenvalue weighted by molar-refractivity contribution is 0.222. The van der Waals surface area contributed by atoms with Crippen molar-refractivity contribution in [1.29, 1.82) is 0 Å². The Hall–Kier alpha value is -1.89. The summed E-state index contributed by atoms with van der Waals surface area (Å²) in [6.07, 6.45) is 0.00244. The van der Waals surface area contributed by atoms with E-state index in [1.165, 1.54) is 0 Å². The molecule has 0 saturated heterocycles. The number of hydrogen-bond acceptors (Lipinski definition) is 6. The highest BCUT2D eigenvalue weighted by molar-refractivity contribution is 9.10. The molecule has 0 aliphatic heterocycles. The fraction of sp³-hybridized carbons (Fsp3) is 0.308. The van der Waals surface area contributed by atoms with Gasteiger partial charge in [-0.25, -0.2) is 0 Å². The van der Waals surface area contributed by atoms with Crippen LogP contribution in [0.2, 0.25) is 0 Å². The predicted octanol–water partition coefficient (Wildman–Crippen LogP) is 3.21. The molecule has 0 bridgehead atoms. The monoisotopic (exact) mass is 337 g/mol. The van der Waals surface area contributed by atoms with Crippen LogP contribution in [0, 0.1) is 0 Å². The van der Waals surface area contributed by atoms with Gasteiger partial charge >= 0.3 is 6.01 Å². The number of nitrogens with one attached hydrogen (secondary N) is 2. The molecule has 0 aliphatic carbocycles. The average molecular weight is 338 g/mol. The van der Waals surface area contributed by atoms with Gasteiger partial charge in [-0.2, -0.15) is 15.0 Å². The highest BCUT2D eigenvalue weighted by Crippen LogP contribution is 2.19. The van der Waals surface area contributed by atoms with Crippen LogP contribution in [-0.4, -0.2) is 28.1 Å². The Balaban J connectivity index is 2.23. The molecule has 1 heterocycles. The molecule has 1 aromatic carbocycles. The molecule has 20 heavy (non-hydrogen) atoms. The summed E-state index contributed by atoms with van der Waals surface area (Å²) in [5, 5.41) is 6.00. The smallest absolute Gasteiger partial charge is 0.323 e. The van der Waals surface area contributed by atoms with E-state index in [1.807, 2.05) is 38.1 Å². The van der Waals surface area contributed by atoms with Crippen molar-refractivity contribution in [2.45, 2.75) is 20.0 Å². The summed E-state index contributed by atoms with van der Waals surface area (Å²) in [6.45, 7) is 3.84. The van der Waals surface area contributed by atoms with Gasteiger partial charge in [-0.15, -0.1) is 0 Å². The Labute approximate surface area is 126 Å². The zero-order valence-electron chi connectivity index (χ0n) is 11.5. The van der Waals surface area contributed by atoms with E-state index in [9.17, 15) is 0 Å². The molecule has 2 rings (SSSR count). The van der Waals surface area contributed by atoms with Crippen LogP contribution in [0.4, 0.5) is 17.6 Å². The minimum Gasteiger partial charge on any atom is -0.461 e. The van der Waals surface area contributed by atoms with Gasteiger partial charge in [-0.1, -0.05) is 15.9 Å².